The van der Waals surface area contributed by atoms with Gasteiger partial charge in [0, 0.05) is 13.6 Å². The lowest BCUT2D eigenvalue weighted by molar-refractivity contribution is -0.129. The van der Waals surface area contributed by atoms with Gasteiger partial charge < -0.3 is 9.47 Å². The van der Waals surface area contributed by atoms with Crippen LogP contribution in [0.2, 0.25) is 0 Å². The van der Waals surface area contributed by atoms with Crippen LogP contribution < -0.4 is 0 Å². The summed E-state index contributed by atoms with van der Waals surface area (Å²) >= 11 is 5.69. The molecule has 2 rings (SSSR count). The van der Waals surface area contributed by atoms with Crippen molar-refractivity contribution in [3.8, 4) is 0 Å². The number of aromatic nitrogens is 3. The zero-order chi connectivity index (χ0) is 10.1. The monoisotopic (exact) mass is 214 g/mol. The predicted octanol–water partition coefficient (Wildman–Crippen LogP) is 0.420. The number of likely N-dealkylation sites (tertiary alicyclic amines) is 1. The molecule has 2 heterocycles. The van der Waals surface area contributed by atoms with Gasteiger partial charge in [-0.15, -0.1) is 21.8 Å². The Hall–Kier alpha value is -1.10. The van der Waals surface area contributed by atoms with Crippen molar-refractivity contribution in [2.24, 2.45) is 0 Å². The zero-order valence-electron chi connectivity index (χ0n) is 7.85. The van der Waals surface area contributed by atoms with Crippen LogP contribution in [0.25, 0.3) is 0 Å². The second-order valence-corrected chi connectivity index (χ2v) is 3.62. The van der Waals surface area contributed by atoms with Crippen molar-refractivity contribution >= 4 is 17.5 Å². The van der Waals surface area contributed by atoms with Crippen LogP contribution in [0.4, 0.5) is 0 Å². The van der Waals surface area contributed by atoms with Gasteiger partial charge in [0.05, 0.1) is 5.88 Å². The second-order valence-electron chi connectivity index (χ2n) is 3.35. The Morgan fingerprint density at radius 1 is 1.71 bits per heavy atom. The van der Waals surface area contributed by atoms with E-state index in [1.165, 1.54) is 0 Å². The number of carbonyl (C=O) groups is 1. The second kappa shape index (κ2) is 3.57. The van der Waals surface area contributed by atoms with E-state index in [0.29, 0.717) is 5.82 Å². The Morgan fingerprint density at radius 2 is 2.50 bits per heavy atom. The highest BCUT2D eigenvalue weighted by Crippen LogP contribution is 2.22. The van der Waals surface area contributed by atoms with Gasteiger partial charge in [-0.05, 0) is 6.42 Å². The summed E-state index contributed by atoms with van der Waals surface area (Å²) in [6.07, 6.45) is 2.37. The number of hydrogen-bond acceptors (Lipinski definition) is 3. The fraction of sp³-hybridized carbons (Fsp3) is 0.625. The van der Waals surface area contributed by atoms with Crippen molar-refractivity contribution in [1.82, 2.24) is 19.7 Å². The van der Waals surface area contributed by atoms with Crippen molar-refractivity contribution in [1.29, 1.82) is 0 Å². The molecule has 0 radical (unpaired) electrons. The van der Waals surface area contributed by atoms with Crippen molar-refractivity contribution in [2.45, 2.75) is 18.3 Å². The van der Waals surface area contributed by atoms with E-state index in [4.69, 9.17) is 11.6 Å². The molecule has 1 atom stereocenters. The molecule has 0 aliphatic carbocycles. The average molecular weight is 215 g/mol. The molecule has 5 nitrogen and oxygen atoms in total. The van der Waals surface area contributed by atoms with E-state index in [1.807, 2.05) is 0 Å². The van der Waals surface area contributed by atoms with Gasteiger partial charge >= 0.3 is 0 Å². The first-order chi connectivity index (χ1) is 6.74. The molecule has 14 heavy (non-hydrogen) atoms. The molecule has 1 aromatic rings. The lowest BCUT2D eigenvalue weighted by atomic mass is 10.2. The summed E-state index contributed by atoms with van der Waals surface area (Å²) in [4.78, 5) is 13.4. The molecule has 0 N–H and O–H groups in total. The van der Waals surface area contributed by atoms with Crippen LogP contribution in [0.15, 0.2) is 6.33 Å². The molecule has 1 aromatic heterocycles. The van der Waals surface area contributed by atoms with Crippen LogP contribution >= 0.6 is 11.6 Å². The first-order valence-electron chi connectivity index (χ1n) is 4.43. The molecule has 1 fully saturated rings. The van der Waals surface area contributed by atoms with E-state index in [2.05, 4.69) is 10.2 Å². The highest BCUT2D eigenvalue weighted by Gasteiger charge is 2.31. The van der Waals surface area contributed by atoms with E-state index in [9.17, 15) is 4.79 Å². The van der Waals surface area contributed by atoms with Crippen LogP contribution in [0.5, 0.6) is 0 Å². The largest absolute Gasteiger partial charge is 0.344 e. The van der Waals surface area contributed by atoms with Gasteiger partial charge in [-0.3, -0.25) is 4.79 Å². The minimum Gasteiger partial charge on any atom is -0.344 e. The van der Waals surface area contributed by atoms with Gasteiger partial charge in [-0.25, -0.2) is 0 Å². The molecule has 1 unspecified atom stereocenters. The Morgan fingerprint density at radius 3 is 3.07 bits per heavy atom. The topological polar surface area (TPSA) is 51.0 Å². The van der Waals surface area contributed by atoms with Crippen LogP contribution in [-0.4, -0.2) is 39.2 Å². The van der Waals surface area contributed by atoms with E-state index in [1.54, 1.807) is 22.8 Å². The van der Waals surface area contributed by atoms with Gasteiger partial charge in [0.15, 0.2) is 0 Å². The van der Waals surface area contributed by atoms with Gasteiger partial charge in [-0.1, -0.05) is 0 Å². The lowest BCUT2D eigenvalue weighted by Gasteiger charge is -2.12. The summed E-state index contributed by atoms with van der Waals surface area (Å²) in [6.45, 7) is 0.781. The summed E-state index contributed by atoms with van der Waals surface area (Å²) in [7, 11) is 1.80. The molecule has 0 bridgehead atoms. The zero-order valence-corrected chi connectivity index (χ0v) is 8.61. The third-order valence-corrected chi connectivity index (χ3v) is 2.74. The molecule has 0 saturated carbocycles. The molecular formula is C8H11ClN4O. The molecule has 76 valence electrons. The summed E-state index contributed by atoms with van der Waals surface area (Å²) in [5, 5.41) is 7.60. The van der Waals surface area contributed by atoms with Crippen molar-refractivity contribution in [3.05, 3.63) is 12.2 Å². The van der Waals surface area contributed by atoms with E-state index in [0.717, 1.165) is 13.0 Å². The van der Waals surface area contributed by atoms with E-state index >= 15 is 0 Å². The minimum absolute atomic E-state index is 0.108. The van der Waals surface area contributed by atoms with Crippen LogP contribution in [0.1, 0.15) is 18.3 Å². The molecule has 1 amide bonds. The van der Waals surface area contributed by atoms with Crippen molar-refractivity contribution in [3.63, 3.8) is 0 Å². The van der Waals surface area contributed by atoms with E-state index < -0.39 is 0 Å². The summed E-state index contributed by atoms with van der Waals surface area (Å²) in [5.41, 5.74) is 0. The van der Waals surface area contributed by atoms with Crippen molar-refractivity contribution in [2.75, 3.05) is 13.6 Å². The smallest absolute Gasteiger partial charge is 0.245 e. The molecule has 0 spiro atoms. The van der Waals surface area contributed by atoms with Crippen molar-refractivity contribution < 1.29 is 4.79 Å². The number of amides is 1. The maximum atomic E-state index is 11.7. The Bertz CT molecular complexity index is 351. The standard InChI is InChI=1S/C8H11ClN4O/c1-12-3-2-6(8(12)14)13-5-10-11-7(13)4-9/h5-6H,2-4H2,1H3. The third kappa shape index (κ3) is 1.37. The summed E-state index contributed by atoms with van der Waals surface area (Å²) in [5.74, 6) is 1.05. The van der Waals surface area contributed by atoms with Crippen LogP contribution in [0.3, 0.4) is 0 Å². The number of likely N-dealkylation sites (N-methyl/N-ethyl adjacent to an activating group) is 1. The number of rotatable bonds is 2. The Kier molecular flexibility index (Phi) is 2.41. The maximum absolute atomic E-state index is 11.7. The third-order valence-electron chi connectivity index (χ3n) is 2.50. The number of nitrogens with zero attached hydrogens (tertiary/aromatic N) is 4. The van der Waals surface area contributed by atoms with Gasteiger partial charge in [0.25, 0.3) is 0 Å². The Balaban J connectivity index is 2.27. The van der Waals surface area contributed by atoms with E-state index in [-0.39, 0.29) is 17.8 Å². The van der Waals surface area contributed by atoms with Gasteiger partial charge in [0.2, 0.25) is 5.91 Å². The lowest BCUT2D eigenvalue weighted by Crippen LogP contribution is -2.24. The number of alkyl halides is 1. The quantitative estimate of drug-likeness (QED) is 0.671. The van der Waals surface area contributed by atoms with Crippen LogP contribution in [0, 0.1) is 0 Å². The summed E-state index contributed by atoms with van der Waals surface area (Å²) in [6, 6.07) is -0.163. The molecule has 1 aliphatic heterocycles. The average Bonchev–Trinajstić information content (AvgIpc) is 2.75. The first-order valence-corrected chi connectivity index (χ1v) is 4.97. The fourth-order valence-electron chi connectivity index (χ4n) is 1.68. The highest BCUT2D eigenvalue weighted by molar-refractivity contribution is 6.16. The summed E-state index contributed by atoms with van der Waals surface area (Å²) < 4.78 is 1.76. The minimum atomic E-state index is -0.163. The van der Waals surface area contributed by atoms with Crippen LogP contribution in [-0.2, 0) is 10.7 Å². The molecule has 6 heteroatoms. The molecule has 0 aromatic carbocycles. The normalized spacial score (nSPS) is 22.0. The number of carbonyl (C=O) groups excluding carboxylic acids is 1. The highest BCUT2D eigenvalue weighted by atomic mass is 35.5. The number of halogens is 1. The molecular weight excluding hydrogens is 204 g/mol. The predicted molar refractivity (Wildman–Crippen MR) is 50.9 cm³/mol. The first kappa shape index (κ1) is 9.45. The van der Waals surface area contributed by atoms with Gasteiger partial charge in [-0.2, -0.15) is 0 Å². The Labute approximate surface area is 86.7 Å². The fourth-order valence-corrected chi connectivity index (χ4v) is 1.88. The molecule has 1 saturated heterocycles. The van der Waals surface area contributed by atoms with Gasteiger partial charge in [0.1, 0.15) is 18.2 Å². The number of hydrogen-bond donors (Lipinski definition) is 0. The maximum Gasteiger partial charge on any atom is 0.245 e. The molecule has 1 aliphatic rings. The SMILES string of the molecule is CN1CCC(n2cnnc2CCl)C1=O.